The van der Waals surface area contributed by atoms with Crippen LogP contribution in [-0.4, -0.2) is 81.7 Å². The second-order valence-corrected chi connectivity index (χ2v) is 11.5. The lowest BCUT2D eigenvalue weighted by molar-refractivity contribution is -0.117. The first-order valence-corrected chi connectivity index (χ1v) is 13.8. The standard InChI is InChI=1S/C28H35ClN6O3/c1-4-19-25(21-5-6-33(3)32-21)26(19)27(37)31-24-13-17-12-22(20(29)11-18(17)14-30-24)34-7-9-35(10-8-34)28(2)16-38-15-23(28)36/h5-6,11-14,19,23,25-26,36H,4,7-10,15-16H2,1-3H3,(H,30,31,37)/t19-,23+,25-,26+,28-/m0/s1. The van der Waals surface area contributed by atoms with Gasteiger partial charge in [0, 0.05) is 56.9 Å². The molecule has 4 heterocycles. The van der Waals surface area contributed by atoms with E-state index in [9.17, 15) is 9.90 Å². The van der Waals surface area contributed by atoms with E-state index in [2.05, 4.69) is 45.1 Å². The Labute approximate surface area is 227 Å². The van der Waals surface area contributed by atoms with Gasteiger partial charge in [-0.2, -0.15) is 5.10 Å². The highest BCUT2D eigenvalue weighted by Crippen LogP contribution is 2.55. The number of carbonyl (C=O) groups excluding carboxylic acids is 1. The van der Waals surface area contributed by atoms with Crippen LogP contribution < -0.4 is 10.2 Å². The molecule has 1 aromatic carbocycles. The van der Waals surface area contributed by atoms with Crippen molar-refractivity contribution in [2.24, 2.45) is 18.9 Å². The molecule has 202 valence electrons. The van der Waals surface area contributed by atoms with Crippen LogP contribution in [0.3, 0.4) is 0 Å². The predicted molar refractivity (Wildman–Crippen MR) is 148 cm³/mol. The number of hydrogen-bond donors (Lipinski definition) is 2. The number of hydrogen-bond acceptors (Lipinski definition) is 7. The topological polar surface area (TPSA) is 95.8 Å². The third-order valence-electron chi connectivity index (χ3n) is 8.79. The molecule has 2 N–H and O–H groups in total. The largest absolute Gasteiger partial charge is 0.389 e. The molecule has 38 heavy (non-hydrogen) atoms. The van der Waals surface area contributed by atoms with Gasteiger partial charge in [-0.25, -0.2) is 4.98 Å². The van der Waals surface area contributed by atoms with Crippen molar-refractivity contribution in [3.05, 3.63) is 47.4 Å². The number of aromatic nitrogens is 3. The van der Waals surface area contributed by atoms with Crippen LogP contribution in [0.1, 0.15) is 31.9 Å². The number of aliphatic hydroxyl groups is 1. The number of aliphatic hydroxyl groups excluding tert-OH is 1. The van der Waals surface area contributed by atoms with Crippen LogP contribution in [-0.2, 0) is 16.6 Å². The molecular formula is C28H35ClN6O3. The summed E-state index contributed by atoms with van der Waals surface area (Å²) in [4.78, 5) is 22.3. The van der Waals surface area contributed by atoms with Crippen LogP contribution in [0.2, 0.25) is 5.02 Å². The minimum absolute atomic E-state index is 0.00348. The molecule has 3 aromatic rings. The second-order valence-electron chi connectivity index (χ2n) is 11.1. The molecule has 10 heteroatoms. The van der Waals surface area contributed by atoms with Gasteiger partial charge in [0.2, 0.25) is 5.91 Å². The highest BCUT2D eigenvalue weighted by Gasteiger charge is 2.55. The molecule has 1 saturated carbocycles. The van der Waals surface area contributed by atoms with E-state index in [0.717, 1.165) is 54.8 Å². The van der Waals surface area contributed by atoms with Crippen molar-refractivity contribution in [2.45, 2.75) is 37.8 Å². The number of rotatable bonds is 6. The number of ether oxygens (including phenoxy) is 1. The third-order valence-corrected chi connectivity index (χ3v) is 9.09. The maximum absolute atomic E-state index is 13.2. The maximum Gasteiger partial charge on any atom is 0.229 e. The van der Waals surface area contributed by atoms with Crippen LogP contribution in [0.15, 0.2) is 36.7 Å². The van der Waals surface area contributed by atoms with E-state index in [-0.39, 0.29) is 23.3 Å². The zero-order valence-corrected chi connectivity index (χ0v) is 22.9. The first kappa shape index (κ1) is 25.6. The summed E-state index contributed by atoms with van der Waals surface area (Å²) in [6, 6.07) is 7.96. The van der Waals surface area contributed by atoms with Gasteiger partial charge in [0.05, 0.1) is 47.2 Å². The molecule has 3 aliphatic rings. The minimum Gasteiger partial charge on any atom is -0.389 e. The van der Waals surface area contributed by atoms with E-state index in [4.69, 9.17) is 16.3 Å². The zero-order valence-electron chi connectivity index (χ0n) is 22.1. The average molecular weight is 539 g/mol. The monoisotopic (exact) mass is 538 g/mol. The molecule has 0 unspecified atom stereocenters. The van der Waals surface area contributed by atoms with Crippen LogP contribution in [0, 0.1) is 11.8 Å². The van der Waals surface area contributed by atoms with E-state index in [1.807, 2.05) is 31.4 Å². The molecule has 1 aliphatic carbocycles. The van der Waals surface area contributed by atoms with Gasteiger partial charge in [-0.1, -0.05) is 24.9 Å². The maximum atomic E-state index is 13.2. The Morgan fingerprint density at radius 1 is 1.24 bits per heavy atom. The molecule has 0 bridgehead atoms. The van der Waals surface area contributed by atoms with E-state index in [1.165, 1.54) is 0 Å². The van der Waals surface area contributed by atoms with Crippen LogP contribution in [0.5, 0.6) is 0 Å². The third kappa shape index (κ3) is 4.45. The van der Waals surface area contributed by atoms with Crippen molar-refractivity contribution in [3.63, 3.8) is 0 Å². The summed E-state index contributed by atoms with van der Waals surface area (Å²) in [5, 5.41) is 20.6. The van der Waals surface area contributed by atoms with Crippen molar-refractivity contribution in [3.8, 4) is 0 Å². The van der Waals surface area contributed by atoms with Gasteiger partial charge >= 0.3 is 0 Å². The van der Waals surface area contributed by atoms with E-state index >= 15 is 0 Å². The summed E-state index contributed by atoms with van der Waals surface area (Å²) >= 11 is 6.71. The number of pyridine rings is 1. The van der Waals surface area contributed by atoms with Gasteiger partial charge in [-0.15, -0.1) is 0 Å². The Kier molecular flexibility index (Phi) is 6.58. The van der Waals surface area contributed by atoms with E-state index < -0.39 is 6.10 Å². The van der Waals surface area contributed by atoms with Gasteiger partial charge in [0.15, 0.2) is 0 Å². The van der Waals surface area contributed by atoms with Gasteiger partial charge in [-0.05, 0) is 42.5 Å². The Morgan fingerprint density at radius 2 is 2.03 bits per heavy atom. The van der Waals surface area contributed by atoms with Gasteiger partial charge in [-0.3, -0.25) is 14.4 Å². The molecule has 2 aromatic heterocycles. The summed E-state index contributed by atoms with van der Waals surface area (Å²) in [5.41, 5.74) is 1.61. The number of benzene rings is 1. The number of anilines is 2. The molecule has 2 saturated heterocycles. The number of aryl methyl sites for hydroxylation is 1. The summed E-state index contributed by atoms with van der Waals surface area (Å²) < 4.78 is 7.32. The zero-order chi connectivity index (χ0) is 26.6. The minimum atomic E-state index is -0.470. The number of nitrogens with zero attached hydrogens (tertiary/aromatic N) is 5. The van der Waals surface area contributed by atoms with Crippen molar-refractivity contribution in [1.29, 1.82) is 0 Å². The number of amides is 1. The molecule has 9 nitrogen and oxygen atoms in total. The number of carbonyl (C=O) groups is 1. The lowest BCUT2D eigenvalue weighted by Crippen LogP contribution is -2.60. The van der Waals surface area contributed by atoms with Crippen molar-refractivity contribution in [1.82, 2.24) is 19.7 Å². The van der Waals surface area contributed by atoms with Crippen LogP contribution >= 0.6 is 11.6 Å². The lowest BCUT2D eigenvalue weighted by atomic mass is 9.95. The predicted octanol–water partition coefficient (Wildman–Crippen LogP) is 3.27. The first-order chi connectivity index (χ1) is 18.3. The van der Waals surface area contributed by atoms with Crippen molar-refractivity contribution >= 4 is 39.8 Å². The van der Waals surface area contributed by atoms with Crippen LogP contribution in [0.4, 0.5) is 11.5 Å². The smallest absolute Gasteiger partial charge is 0.229 e. The van der Waals surface area contributed by atoms with Gasteiger partial charge in [0.1, 0.15) is 5.82 Å². The molecule has 6 rings (SSSR count). The van der Waals surface area contributed by atoms with Gasteiger partial charge < -0.3 is 20.1 Å². The number of piperazine rings is 1. The average Bonchev–Trinajstić information content (AvgIpc) is 3.33. The molecule has 3 fully saturated rings. The van der Waals surface area contributed by atoms with Crippen LogP contribution in [0.25, 0.3) is 10.8 Å². The number of halogens is 1. The normalized spacial score (nSPS) is 29.7. The molecule has 5 atom stereocenters. The molecule has 1 amide bonds. The van der Waals surface area contributed by atoms with Crippen molar-refractivity contribution < 1.29 is 14.6 Å². The van der Waals surface area contributed by atoms with Crippen molar-refractivity contribution in [2.75, 3.05) is 49.6 Å². The number of nitrogens with one attached hydrogen (secondary N) is 1. The summed E-state index contributed by atoms with van der Waals surface area (Å²) in [7, 11) is 1.90. The molecule has 0 spiro atoms. The summed E-state index contributed by atoms with van der Waals surface area (Å²) in [5.74, 6) is 0.912. The molecule has 0 radical (unpaired) electrons. The SMILES string of the molecule is CC[C@@H]1[C@@H](C(=O)Nc2cc3cc(N4CCN([C@@]5(C)COC[C@H]5O)CC4)c(Cl)cc3cn2)[C@@H]1c1ccn(C)n1. The van der Waals surface area contributed by atoms with E-state index in [0.29, 0.717) is 30.0 Å². The highest BCUT2D eigenvalue weighted by molar-refractivity contribution is 6.34. The Hall–Kier alpha value is -2.72. The van der Waals surface area contributed by atoms with E-state index in [1.54, 1.807) is 10.9 Å². The number of fused-ring (bicyclic) bond motifs is 1. The van der Waals surface area contributed by atoms with Gasteiger partial charge in [0.25, 0.3) is 0 Å². The summed E-state index contributed by atoms with van der Waals surface area (Å²) in [6.07, 6.45) is 4.16. The summed E-state index contributed by atoms with van der Waals surface area (Å²) in [6.45, 7) is 8.39. The fourth-order valence-corrected chi connectivity index (χ4v) is 6.63. The highest BCUT2D eigenvalue weighted by atomic mass is 35.5. The molecular weight excluding hydrogens is 504 g/mol. The second kappa shape index (κ2) is 9.79. The fourth-order valence-electron chi connectivity index (χ4n) is 6.34. The quantitative estimate of drug-likeness (QED) is 0.497. The Bertz CT molecular complexity index is 1360. The lowest BCUT2D eigenvalue weighted by Gasteiger charge is -2.45. The Balaban J connectivity index is 1.16. The Morgan fingerprint density at radius 3 is 2.68 bits per heavy atom. The first-order valence-electron chi connectivity index (χ1n) is 13.4. The molecule has 2 aliphatic heterocycles. The fraction of sp³-hybridized carbons (Fsp3) is 0.536.